The molecule has 80 valence electrons. The lowest BCUT2D eigenvalue weighted by Crippen LogP contribution is -2.36. The van der Waals surface area contributed by atoms with Crippen LogP contribution in [0.1, 0.15) is 19.8 Å². The molecule has 14 heavy (non-hydrogen) atoms. The summed E-state index contributed by atoms with van der Waals surface area (Å²) in [4.78, 5) is 21.8. The SMILES string of the molecule is CC(C(=O)NCCCC(N)=O)C(N)=S. The molecule has 0 aromatic carbocycles. The van der Waals surface area contributed by atoms with Crippen LogP contribution >= 0.6 is 12.2 Å². The van der Waals surface area contributed by atoms with Crippen LogP contribution in [-0.4, -0.2) is 23.3 Å². The van der Waals surface area contributed by atoms with E-state index in [1.807, 2.05) is 0 Å². The zero-order valence-corrected chi connectivity index (χ0v) is 8.89. The minimum Gasteiger partial charge on any atom is -0.393 e. The number of hydrogen-bond donors (Lipinski definition) is 3. The van der Waals surface area contributed by atoms with E-state index in [-0.39, 0.29) is 23.2 Å². The summed E-state index contributed by atoms with van der Waals surface area (Å²) in [5.74, 6) is -1.07. The summed E-state index contributed by atoms with van der Waals surface area (Å²) >= 11 is 4.66. The smallest absolute Gasteiger partial charge is 0.229 e. The Hall–Kier alpha value is -1.17. The molecule has 0 fully saturated rings. The lowest BCUT2D eigenvalue weighted by atomic mass is 10.1. The molecule has 5 N–H and O–H groups in total. The fourth-order valence-corrected chi connectivity index (χ4v) is 0.864. The van der Waals surface area contributed by atoms with Crippen LogP contribution in [-0.2, 0) is 9.59 Å². The summed E-state index contributed by atoms with van der Waals surface area (Å²) in [6, 6.07) is 0. The van der Waals surface area contributed by atoms with Crippen molar-refractivity contribution >= 4 is 29.0 Å². The van der Waals surface area contributed by atoms with Gasteiger partial charge >= 0.3 is 0 Å². The molecular weight excluding hydrogens is 202 g/mol. The number of primary amides is 1. The van der Waals surface area contributed by atoms with Crippen molar-refractivity contribution in [3.8, 4) is 0 Å². The van der Waals surface area contributed by atoms with Crippen LogP contribution in [0.25, 0.3) is 0 Å². The Kier molecular flexibility index (Phi) is 5.78. The van der Waals surface area contributed by atoms with E-state index in [0.717, 1.165) is 0 Å². The molecule has 0 aliphatic carbocycles. The zero-order valence-electron chi connectivity index (χ0n) is 8.08. The van der Waals surface area contributed by atoms with Crippen molar-refractivity contribution in [3.63, 3.8) is 0 Å². The van der Waals surface area contributed by atoms with Crippen molar-refractivity contribution in [1.29, 1.82) is 0 Å². The van der Waals surface area contributed by atoms with Gasteiger partial charge in [-0.25, -0.2) is 0 Å². The number of amides is 2. The Bertz CT molecular complexity index is 243. The van der Waals surface area contributed by atoms with E-state index in [0.29, 0.717) is 13.0 Å². The molecule has 0 aliphatic heterocycles. The molecule has 1 unspecified atom stereocenters. The molecule has 0 saturated heterocycles. The maximum Gasteiger partial charge on any atom is 0.229 e. The third-order valence-electron chi connectivity index (χ3n) is 1.72. The Morgan fingerprint density at radius 3 is 2.43 bits per heavy atom. The summed E-state index contributed by atoms with van der Waals surface area (Å²) in [7, 11) is 0. The molecule has 0 rings (SSSR count). The van der Waals surface area contributed by atoms with Crippen LogP contribution in [0, 0.1) is 5.92 Å². The average Bonchev–Trinajstić information content (AvgIpc) is 2.10. The Morgan fingerprint density at radius 1 is 1.43 bits per heavy atom. The third-order valence-corrected chi connectivity index (χ3v) is 2.07. The molecule has 0 spiro atoms. The van der Waals surface area contributed by atoms with E-state index in [1.165, 1.54) is 0 Å². The number of hydrogen-bond acceptors (Lipinski definition) is 3. The summed E-state index contributed by atoms with van der Waals surface area (Å²) in [5.41, 5.74) is 10.2. The second kappa shape index (κ2) is 6.31. The van der Waals surface area contributed by atoms with Gasteiger partial charge in [0.25, 0.3) is 0 Å². The van der Waals surface area contributed by atoms with E-state index in [2.05, 4.69) is 17.5 Å². The van der Waals surface area contributed by atoms with E-state index >= 15 is 0 Å². The Morgan fingerprint density at radius 2 is 2.00 bits per heavy atom. The molecule has 0 aliphatic rings. The van der Waals surface area contributed by atoms with Crippen molar-refractivity contribution in [2.45, 2.75) is 19.8 Å². The minimum absolute atomic E-state index is 0.164. The van der Waals surface area contributed by atoms with Crippen LogP contribution in [0.5, 0.6) is 0 Å². The quantitative estimate of drug-likeness (QED) is 0.404. The number of carbonyl (C=O) groups excluding carboxylic acids is 2. The summed E-state index contributed by atoms with van der Waals surface area (Å²) in [5, 5.41) is 2.60. The highest BCUT2D eigenvalue weighted by Crippen LogP contribution is 1.95. The zero-order chi connectivity index (χ0) is 11.1. The largest absolute Gasteiger partial charge is 0.393 e. The van der Waals surface area contributed by atoms with Gasteiger partial charge in [-0.05, 0) is 13.3 Å². The van der Waals surface area contributed by atoms with E-state index in [1.54, 1.807) is 6.92 Å². The molecular formula is C8H15N3O2S. The second-order valence-electron chi connectivity index (χ2n) is 2.98. The number of nitrogens with two attached hydrogens (primary N) is 2. The van der Waals surface area contributed by atoms with Gasteiger partial charge in [-0.1, -0.05) is 12.2 Å². The average molecular weight is 217 g/mol. The molecule has 6 heteroatoms. The van der Waals surface area contributed by atoms with Crippen LogP contribution in [0.4, 0.5) is 0 Å². The molecule has 0 saturated carbocycles. The molecule has 0 aromatic heterocycles. The molecule has 0 aromatic rings. The van der Waals surface area contributed by atoms with Crippen molar-refractivity contribution < 1.29 is 9.59 Å². The lowest BCUT2D eigenvalue weighted by Gasteiger charge is -2.09. The van der Waals surface area contributed by atoms with Crippen LogP contribution < -0.4 is 16.8 Å². The van der Waals surface area contributed by atoms with Gasteiger partial charge in [-0.2, -0.15) is 0 Å². The highest BCUT2D eigenvalue weighted by atomic mass is 32.1. The first kappa shape index (κ1) is 12.8. The highest BCUT2D eigenvalue weighted by molar-refractivity contribution is 7.80. The summed E-state index contributed by atoms with van der Waals surface area (Å²) in [6.07, 6.45) is 0.798. The van der Waals surface area contributed by atoms with Gasteiger partial charge in [0.05, 0.1) is 10.9 Å². The number of thiocarbonyl (C=S) groups is 1. The van der Waals surface area contributed by atoms with Gasteiger partial charge in [-0.3, -0.25) is 9.59 Å². The van der Waals surface area contributed by atoms with Gasteiger partial charge in [0.15, 0.2) is 0 Å². The molecule has 0 bridgehead atoms. The molecule has 1 atom stereocenters. The Balaban J connectivity index is 3.64. The lowest BCUT2D eigenvalue weighted by molar-refractivity contribution is -0.123. The molecule has 2 amide bonds. The van der Waals surface area contributed by atoms with Crippen molar-refractivity contribution in [2.75, 3.05) is 6.54 Å². The third kappa shape index (κ3) is 5.47. The first-order valence-corrected chi connectivity index (χ1v) is 4.71. The minimum atomic E-state index is -0.474. The number of nitrogens with one attached hydrogen (secondary N) is 1. The summed E-state index contributed by atoms with van der Waals surface area (Å²) < 4.78 is 0. The topological polar surface area (TPSA) is 98.2 Å². The van der Waals surface area contributed by atoms with Gasteiger partial charge in [0.1, 0.15) is 0 Å². The normalized spacial score (nSPS) is 11.8. The summed E-state index contributed by atoms with van der Waals surface area (Å²) in [6.45, 7) is 2.04. The van der Waals surface area contributed by atoms with Crippen LogP contribution in [0.2, 0.25) is 0 Å². The Labute approximate surface area is 88.2 Å². The van der Waals surface area contributed by atoms with E-state index in [9.17, 15) is 9.59 Å². The predicted molar refractivity (Wildman–Crippen MR) is 57.4 cm³/mol. The first-order valence-electron chi connectivity index (χ1n) is 4.30. The van der Waals surface area contributed by atoms with Gasteiger partial charge in [0.2, 0.25) is 11.8 Å². The van der Waals surface area contributed by atoms with Crippen LogP contribution in [0.15, 0.2) is 0 Å². The van der Waals surface area contributed by atoms with Gasteiger partial charge < -0.3 is 16.8 Å². The maximum absolute atomic E-state index is 11.2. The monoisotopic (exact) mass is 217 g/mol. The van der Waals surface area contributed by atoms with Crippen molar-refractivity contribution in [2.24, 2.45) is 17.4 Å². The fraction of sp³-hybridized carbons (Fsp3) is 0.625. The predicted octanol–water partition coefficient (Wildman–Crippen LogP) is -0.710. The second-order valence-corrected chi connectivity index (χ2v) is 3.46. The maximum atomic E-state index is 11.2. The number of rotatable bonds is 6. The van der Waals surface area contributed by atoms with Gasteiger partial charge in [0, 0.05) is 13.0 Å². The molecule has 0 radical (unpaired) electrons. The molecule has 5 nitrogen and oxygen atoms in total. The van der Waals surface area contributed by atoms with Gasteiger partial charge in [-0.15, -0.1) is 0 Å². The number of carbonyl (C=O) groups is 2. The van der Waals surface area contributed by atoms with Crippen molar-refractivity contribution in [3.05, 3.63) is 0 Å². The molecule has 0 heterocycles. The van der Waals surface area contributed by atoms with E-state index in [4.69, 9.17) is 11.5 Å². The van der Waals surface area contributed by atoms with E-state index < -0.39 is 5.92 Å². The highest BCUT2D eigenvalue weighted by Gasteiger charge is 2.14. The van der Waals surface area contributed by atoms with Crippen LogP contribution in [0.3, 0.4) is 0 Å². The standard InChI is InChI=1S/C8H15N3O2S/c1-5(7(10)14)8(13)11-4-2-3-6(9)12/h5H,2-4H2,1H3,(H2,9,12)(H2,10,14)(H,11,13). The van der Waals surface area contributed by atoms with Crippen molar-refractivity contribution in [1.82, 2.24) is 5.32 Å². The fourth-order valence-electron chi connectivity index (χ4n) is 0.757. The first-order chi connectivity index (χ1) is 6.45.